The summed E-state index contributed by atoms with van der Waals surface area (Å²) in [6.07, 6.45) is -11.5. The second kappa shape index (κ2) is 15.2. The smallest absolute Gasteiger partial charge is 0.408 e. The molecular weight excluding hydrogens is 754 g/mol. The maximum Gasteiger partial charge on any atom is 0.408 e. The lowest BCUT2D eigenvalue weighted by Gasteiger charge is -2.67. The Labute approximate surface area is 336 Å². The second-order valence-corrected chi connectivity index (χ2v) is 17.6. The molecule has 2 aromatic carbocycles. The van der Waals surface area contributed by atoms with Crippen molar-refractivity contribution in [2.45, 2.75) is 128 Å². The number of amides is 1. The number of aliphatic hydroxyl groups excluding tert-OH is 3. The summed E-state index contributed by atoms with van der Waals surface area (Å²) in [7, 11) is 0. The van der Waals surface area contributed by atoms with Crippen molar-refractivity contribution in [2.24, 2.45) is 16.7 Å². The Morgan fingerprint density at radius 1 is 0.948 bits per heavy atom. The van der Waals surface area contributed by atoms with Crippen molar-refractivity contribution in [3.8, 4) is 0 Å². The molecule has 0 radical (unpaired) electrons. The van der Waals surface area contributed by atoms with E-state index in [-0.39, 0.29) is 29.7 Å². The molecule has 3 fully saturated rings. The lowest BCUT2D eigenvalue weighted by atomic mass is 9.44. The molecule has 2 saturated carbocycles. The monoisotopic (exact) mass is 807 g/mol. The van der Waals surface area contributed by atoms with Gasteiger partial charge >= 0.3 is 24.0 Å². The maximum absolute atomic E-state index is 14.9. The standard InChI is InChI=1S/C43H53NO14/c1-22-26(55-37(51)32(48)30(24-15-11-9-12-16-24)44-38(52)58-39(3,4)5)20-43(53)35(56-36(50)25-17-13-10-14-18-25)33-41(8,34(49)31(47)29(22)40(43,6)7)27(46)19-28-42(33,21-54-28)57-23(2)45/h9-18,26-28,30-33,35,46-48,53H,19-21H2,1-8H3,(H,44,52)/t26-,27+,28-,30+,31-,32-,33+,35+,41-,42-,43-/m1/s1. The Balaban J connectivity index is 1.49. The highest BCUT2D eigenvalue weighted by Gasteiger charge is 2.78. The Bertz CT molecular complexity index is 1980. The van der Waals surface area contributed by atoms with Crippen molar-refractivity contribution in [1.29, 1.82) is 0 Å². The highest BCUT2D eigenvalue weighted by molar-refractivity contribution is 5.94. The van der Waals surface area contributed by atoms with Crippen molar-refractivity contribution in [1.82, 2.24) is 5.32 Å². The fourth-order valence-electron chi connectivity index (χ4n) is 9.56. The summed E-state index contributed by atoms with van der Waals surface area (Å²) in [4.78, 5) is 68.9. The van der Waals surface area contributed by atoms with Crippen LogP contribution in [0.5, 0.6) is 0 Å². The fraction of sp³-hybridized carbons (Fsp3) is 0.558. The number of benzene rings is 2. The molecule has 15 heteroatoms. The molecule has 1 aliphatic heterocycles. The van der Waals surface area contributed by atoms with E-state index in [1.165, 1.54) is 26.0 Å². The van der Waals surface area contributed by atoms with Gasteiger partial charge in [-0.2, -0.15) is 0 Å². The molecule has 1 amide bonds. The minimum Gasteiger partial charge on any atom is -0.456 e. The first kappa shape index (κ1) is 42.9. The number of carbonyl (C=O) groups is 5. The predicted octanol–water partition coefficient (Wildman–Crippen LogP) is 3.26. The van der Waals surface area contributed by atoms with Crippen molar-refractivity contribution < 1.29 is 68.1 Å². The number of nitrogens with one attached hydrogen (secondary N) is 1. The quantitative estimate of drug-likeness (QED) is 0.147. The van der Waals surface area contributed by atoms with Gasteiger partial charge in [0, 0.05) is 25.2 Å². The van der Waals surface area contributed by atoms with E-state index in [2.05, 4.69) is 5.32 Å². The van der Waals surface area contributed by atoms with E-state index >= 15 is 0 Å². The third-order valence-corrected chi connectivity index (χ3v) is 12.6. The zero-order valence-corrected chi connectivity index (χ0v) is 33.9. The van der Waals surface area contributed by atoms with E-state index < -0.39 is 112 Å². The average molecular weight is 808 g/mol. The van der Waals surface area contributed by atoms with Gasteiger partial charge in [-0.15, -0.1) is 0 Å². The molecule has 0 aromatic heterocycles. The van der Waals surface area contributed by atoms with Crippen LogP contribution in [0.3, 0.4) is 0 Å². The molecule has 1 heterocycles. The topological polar surface area (TPSA) is 224 Å². The van der Waals surface area contributed by atoms with Crippen LogP contribution in [0.15, 0.2) is 71.8 Å². The molecule has 1 saturated heterocycles. The van der Waals surface area contributed by atoms with Gasteiger partial charge in [0.25, 0.3) is 0 Å². The van der Waals surface area contributed by atoms with E-state index in [9.17, 15) is 44.4 Å². The number of rotatable bonds is 8. The van der Waals surface area contributed by atoms with E-state index in [1.54, 1.807) is 83.1 Å². The number of carbonyl (C=O) groups excluding carboxylic acids is 5. The van der Waals surface area contributed by atoms with Gasteiger partial charge in [0.05, 0.1) is 35.6 Å². The summed E-state index contributed by atoms with van der Waals surface area (Å²) in [5.41, 5.74) is -8.14. The number of alkyl carbamates (subject to hydrolysis) is 1. The number of fused-ring (bicyclic) bond motifs is 5. The molecule has 0 spiro atoms. The van der Waals surface area contributed by atoms with Crippen LogP contribution in [0.4, 0.5) is 4.79 Å². The van der Waals surface area contributed by atoms with Crippen molar-refractivity contribution in [3.63, 3.8) is 0 Å². The third-order valence-electron chi connectivity index (χ3n) is 12.6. The Hall–Kier alpha value is -4.67. The van der Waals surface area contributed by atoms with E-state index in [0.717, 1.165) is 6.92 Å². The number of ketones is 1. The second-order valence-electron chi connectivity index (χ2n) is 17.6. The molecule has 4 aliphatic rings. The number of ether oxygens (including phenoxy) is 5. The van der Waals surface area contributed by atoms with Crippen LogP contribution in [0.1, 0.15) is 90.2 Å². The number of hydrogen-bond acceptors (Lipinski definition) is 14. The van der Waals surface area contributed by atoms with Crippen LogP contribution in [0, 0.1) is 16.7 Å². The Kier molecular flexibility index (Phi) is 11.2. The lowest BCUT2D eigenvalue weighted by molar-refractivity contribution is -0.346. The molecule has 5 N–H and O–H groups in total. The van der Waals surface area contributed by atoms with Crippen LogP contribution in [0.25, 0.3) is 0 Å². The van der Waals surface area contributed by atoms with Gasteiger partial charge < -0.3 is 49.4 Å². The molecule has 3 aliphatic carbocycles. The van der Waals surface area contributed by atoms with Gasteiger partial charge in [-0.3, -0.25) is 9.59 Å². The molecular formula is C43H53NO14. The van der Waals surface area contributed by atoms with Crippen LogP contribution < -0.4 is 5.32 Å². The van der Waals surface area contributed by atoms with Crippen LogP contribution in [-0.2, 0) is 38.1 Å². The largest absolute Gasteiger partial charge is 0.456 e. The lowest BCUT2D eigenvalue weighted by Crippen LogP contribution is -2.81. The van der Waals surface area contributed by atoms with Gasteiger partial charge in [-0.05, 0) is 63.5 Å². The number of hydrogen-bond donors (Lipinski definition) is 5. The van der Waals surface area contributed by atoms with Crippen LogP contribution >= 0.6 is 0 Å². The van der Waals surface area contributed by atoms with Gasteiger partial charge in [0.15, 0.2) is 17.5 Å². The predicted molar refractivity (Wildman–Crippen MR) is 204 cm³/mol. The maximum atomic E-state index is 14.9. The summed E-state index contributed by atoms with van der Waals surface area (Å²) < 4.78 is 29.5. The third kappa shape index (κ3) is 7.10. The molecule has 15 nitrogen and oxygen atoms in total. The van der Waals surface area contributed by atoms with E-state index in [4.69, 9.17) is 23.7 Å². The summed E-state index contributed by atoms with van der Waals surface area (Å²) in [6, 6.07) is 14.6. The summed E-state index contributed by atoms with van der Waals surface area (Å²) in [5.74, 6) is -5.36. The van der Waals surface area contributed by atoms with Crippen LogP contribution in [-0.4, -0.2) is 110 Å². The zero-order valence-electron chi connectivity index (χ0n) is 33.9. The van der Waals surface area contributed by atoms with Gasteiger partial charge in [-0.25, -0.2) is 14.4 Å². The normalized spacial score (nSPS) is 33.7. The minimum atomic E-state index is -2.35. The highest BCUT2D eigenvalue weighted by Crippen LogP contribution is 2.64. The molecule has 314 valence electrons. The van der Waals surface area contributed by atoms with E-state index in [1.807, 2.05) is 0 Å². The number of Topliss-reactive ketones (excluding diaryl/α,β-unsaturated/α-hetero) is 1. The van der Waals surface area contributed by atoms with Gasteiger partial charge in [-0.1, -0.05) is 62.4 Å². The zero-order chi connectivity index (χ0) is 42.7. The fourth-order valence-corrected chi connectivity index (χ4v) is 9.56. The molecule has 0 unspecified atom stereocenters. The van der Waals surface area contributed by atoms with Gasteiger partial charge in [0.2, 0.25) is 0 Å². The summed E-state index contributed by atoms with van der Waals surface area (Å²) in [6.45, 7) is 11.8. The molecule has 58 heavy (non-hydrogen) atoms. The molecule has 2 aromatic rings. The van der Waals surface area contributed by atoms with Crippen molar-refractivity contribution in [2.75, 3.05) is 6.61 Å². The highest BCUT2D eigenvalue weighted by atomic mass is 16.6. The van der Waals surface area contributed by atoms with E-state index in [0.29, 0.717) is 5.56 Å². The summed E-state index contributed by atoms with van der Waals surface area (Å²) in [5, 5.41) is 51.6. The molecule has 6 rings (SSSR count). The first-order valence-electron chi connectivity index (χ1n) is 19.3. The molecule has 2 bridgehead atoms. The van der Waals surface area contributed by atoms with Gasteiger partial charge in [0.1, 0.15) is 35.6 Å². The first-order chi connectivity index (χ1) is 27.0. The van der Waals surface area contributed by atoms with Crippen molar-refractivity contribution in [3.05, 3.63) is 82.9 Å². The Morgan fingerprint density at radius 2 is 1.55 bits per heavy atom. The summed E-state index contributed by atoms with van der Waals surface area (Å²) >= 11 is 0. The Morgan fingerprint density at radius 3 is 2.10 bits per heavy atom. The average Bonchev–Trinajstić information content (AvgIpc) is 3.14. The minimum absolute atomic E-state index is 0.0637. The first-order valence-corrected chi connectivity index (χ1v) is 19.3. The van der Waals surface area contributed by atoms with Crippen molar-refractivity contribution >= 4 is 29.8 Å². The number of aliphatic hydroxyl groups is 4. The van der Waals surface area contributed by atoms with Crippen LogP contribution in [0.2, 0.25) is 0 Å². The number of esters is 3. The SMILES string of the molecule is CC(=O)O[C@]12CO[C@@H]1C[C@H](O)[C@@]1(C)C(=O)[C@H](O)C3=C(C)[C@H](OC(=O)[C@H](O)[C@@H](NC(=O)OC(C)(C)C)c4ccccc4)C[C@@](O)([C@@H](OC(=O)c4ccccc4)[C@H]21)C3(C)C. The molecule has 11 atom stereocenters.